The molecular weight excluding hydrogens is 224 g/mol. The van der Waals surface area contributed by atoms with Crippen molar-refractivity contribution in [2.24, 2.45) is 5.92 Å². The molecule has 0 spiro atoms. The molecule has 0 aliphatic rings. The predicted molar refractivity (Wildman–Crippen MR) is 73.9 cm³/mol. The Bertz CT molecular complexity index is 460. The molecule has 4 nitrogen and oxygen atoms in total. The summed E-state index contributed by atoms with van der Waals surface area (Å²) in [7, 11) is 0. The smallest absolute Gasteiger partial charge is 0.123 e. The van der Waals surface area contributed by atoms with Gasteiger partial charge in [-0.1, -0.05) is 32.8 Å². The lowest BCUT2D eigenvalue weighted by Crippen LogP contribution is -2.12. The maximum atomic E-state index is 3.82. The molecule has 96 valence electrons. The molecule has 2 aromatic rings. The Hall–Kier alpha value is -1.84. The summed E-state index contributed by atoms with van der Waals surface area (Å²) in [6, 6.07) is 8.30. The highest BCUT2D eigenvalue weighted by Crippen LogP contribution is 2.15. The summed E-state index contributed by atoms with van der Waals surface area (Å²) in [5, 5.41) is 11.1. The van der Waals surface area contributed by atoms with Gasteiger partial charge < -0.3 is 5.32 Å². The van der Waals surface area contributed by atoms with Crippen molar-refractivity contribution in [2.45, 2.75) is 26.7 Å². The summed E-state index contributed by atoms with van der Waals surface area (Å²) in [6.45, 7) is 5.51. The number of rotatable bonds is 6. The average Bonchev–Trinajstić information content (AvgIpc) is 2.94. The average molecular weight is 244 g/mol. The molecule has 0 aliphatic carbocycles. The Morgan fingerprint density at radius 3 is 2.56 bits per heavy atom. The van der Waals surface area contributed by atoms with Crippen LogP contribution in [-0.2, 0) is 0 Å². The lowest BCUT2D eigenvalue weighted by molar-refractivity contribution is 0.519. The van der Waals surface area contributed by atoms with Crippen molar-refractivity contribution in [1.29, 1.82) is 0 Å². The summed E-state index contributed by atoms with van der Waals surface area (Å²) >= 11 is 0. The molecule has 0 radical (unpaired) electrons. The molecule has 0 amide bonds. The van der Waals surface area contributed by atoms with Gasteiger partial charge in [-0.2, -0.15) is 0 Å². The molecule has 0 aliphatic heterocycles. The third-order valence-electron chi connectivity index (χ3n) is 3.31. The number of anilines is 1. The first-order chi connectivity index (χ1) is 8.83. The maximum Gasteiger partial charge on any atom is 0.123 e. The Balaban J connectivity index is 2.04. The zero-order valence-corrected chi connectivity index (χ0v) is 11.0. The SMILES string of the molecule is CCC(CC)CNc1cccc(-n2cnnc2)c1. The van der Waals surface area contributed by atoms with Gasteiger partial charge in [0.2, 0.25) is 0 Å². The molecule has 0 saturated carbocycles. The van der Waals surface area contributed by atoms with Crippen molar-refractivity contribution in [2.75, 3.05) is 11.9 Å². The molecule has 1 N–H and O–H groups in total. The highest BCUT2D eigenvalue weighted by atomic mass is 15.2. The van der Waals surface area contributed by atoms with Crippen LogP contribution in [0.25, 0.3) is 5.69 Å². The first kappa shape index (κ1) is 12.6. The summed E-state index contributed by atoms with van der Waals surface area (Å²) in [5.41, 5.74) is 2.22. The zero-order chi connectivity index (χ0) is 12.8. The van der Waals surface area contributed by atoms with E-state index in [1.54, 1.807) is 12.7 Å². The van der Waals surface area contributed by atoms with E-state index in [1.165, 1.54) is 12.8 Å². The highest BCUT2D eigenvalue weighted by molar-refractivity contribution is 5.51. The van der Waals surface area contributed by atoms with E-state index in [1.807, 2.05) is 16.7 Å². The number of aromatic nitrogens is 3. The fourth-order valence-corrected chi connectivity index (χ4v) is 1.95. The monoisotopic (exact) mass is 244 g/mol. The summed E-state index contributed by atoms with van der Waals surface area (Å²) in [6.07, 6.45) is 5.85. The van der Waals surface area contributed by atoms with Crippen LogP contribution in [-0.4, -0.2) is 21.3 Å². The van der Waals surface area contributed by atoms with Crippen LogP contribution in [0.2, 0.25) is 0 Å². The first-order valence-corrected chi connectivity index (χ1v) is 6.52. The van der Waals surface area contributed by atoms with E-state index in [4.69, 9.17) is 0 Å². The second-order valence-corrected chi connectivity index (χ2v) is 4.48. The van der Waals surface area contributed by atoms with E-state index in [2.05, 4.69) is 41.5 Å². The van der Waals surface area contributed by atoms with Gasteiger partial charge in [0.15, 0.2) is 0 Å². The zero-order valence-electron chi connectivity index (χ0n) is 11.0. The van der Waals surface area contributed by atoms with E-state index >= 15 is 0 Å². The Morgan fingerprint density at radius 2 is 1.89 bits per heavy atom. The minimum absolute atomic E-state index is 0.739. The molecule has 1 aromatic heterocycles. The van der Waals surface area contributed by atoms with Crippen LogP contribution in [0.4, 0.5) is 5.69 Å². The number of nitrogens with one attached hydrogen (secondary N) is 1. The maximum absolute atomic E-state index is 3.82. The van der Waals surface area contributed by atoms with Gasteiger partial charge >= 0.3 is 0 Å². The van der Waals surface area contributed by atoms with Crippen molar-refractivity contribution >= 4 is 5.69 Å². The van der Waals surface area contributed by atoms with Gasteiger partial charge in [-0.05, 0) is 24.1 Å². The van der Waals surface area contributed by atoms with Gasteiger partial charge in [-0.15, -0.1) is 10.2 Å². The molecule has 0 bridgehead atoms. The molecule has 18 heavy (non-hydrogen) atoms. The van der Waals surface area contributed by atoms with Gasteiger partial charge in [0.25, 0.3) is 0 Å². The first-order valence-electron chi connectivity index (χ1n) is 6.52. The van der Waals surface area contributed by atoms with Crippen LogP contribution >= 0.6 is 0 Å². The minimum atomic E-state index is 0.739. The standard InChI is InChI=1S/C14H20N4/c1-3-12(4-2)9-15-13-6-5-7-14(8-13)18-10-16-17-11-18/h5-8,10-12,15H,3-4,9H2,1-2H3. The van der Waals surface area contributed by atoms with Crippen LogP contribution in [0.5, 0.6) is 0 Å². The minimum Gasteiger partial charge on any atom is -0.385 e. The molecule has 0 atom stereocenters. The van der Waals surface area contributed by atoms with Gasteiger partial charge in [0, 0.05) is 12.2 Å². The van der Waals surface area contributed by atoms with Crippen LogP contribution in [0.3, 0.4) is 0 Å². The molecule has 1 heterocycles. The van der Waals surface area contributed by atoms with Gasteiger partial charge in [-0.3, -0.25) is 4.57 Å². The topological polar surface area (TPSA) is 42.7 Å². The van der Waals surface area contributed by atoms with E-state index in [0.717, 1.165) is 23.8 Å². The number of hydrogen-bond donors (Lipinski definition) is 1. The second kappa shape index (κ2) is 6.19. The lowest BCUT2D eigenvalue weighted by atomic mass is 10.0. The summed E-state index contributed by atoms with van der Waals surface area (Å²) in [5.74, 6) is 0.739. The van der Waals surface area contributed by atoms with Crippen LogP contribution in [0, 0.1) is 5.92 Å². The molecule has 0 fully saturated rings. The third-order valence-corrected chi connectivity index (χ3v) is 3.31. The van der Waals surface area contributed by atoms with Gasteiger partial charge in [0.05, 0.1) is 5.69 Å². The Kier molecular flexibility index (Phi) is 4.34. The molecule has 1 aromatic carbocycles. The van der Waals surface area contributed by atoms with Crippen LogP contribution in [0.15, 0.2) is 36.9 Å². The fourth-order valence-electron chi connectivity index (χ4n) is 1.95. The van der Waals surface area contributed by atoms with Crippen LogP contribution < -0.4 is 5.32 Å². The molecule has 2 rings (SSSR count). The summed E-state index contributed by atoms with van der Waals surface area (Å²) < 4.78 is 1.91. The van der Waals surface area contributed by atoms with E-state index in [-0.39, 0.29) is 0 Å². The number of hydrogen-bond acceptors (Lipinski definition) is 3. The summed E-state index contributed by atoms with van der Waals surface area (Å²) in [4.78, 5) is 0. The van der Waals surface area contributed by atoms with E-state index in [0.29, 0.717) is 0 Å². The van der Waals surface area contributed by atoms with Crippen molar-refractivity contribution in [3.8, 4) is 5.69 Å². The quantitative estimate of drug-likeness (QED) is 0.849. The highest BCUT2D eigenvalue weighted by Gasteiger charge is 2.03. The molecular formula is C14H20N4. The molecule has 0 saturated heterocycles. The van der Waals surface area contributed by atoms with E-state index in [9.17, 15) is 0 Å². The predicted octanol–water partition coefficient (Wildman–Crippen LogP) is 3.12. The third kappa shape index (κ3) is 3.09. The lowest BCUT2D eigenvalue weighted by Gasteiger charge is -2.14. The number of nitrogens with zero attached hydrogens (tertiary/aromatic N) is 3. The normalized spacial score (nSPS) is 10.8. The van der Waals surface area contributed by atoms with Crippen molar-refractivity contribution in [3.63, 3.8) is 0 Å². The Labute approximate surface area is 108 Å². The van der Waals surface area contributed by atoms with E-state index < -0.39 is 0 Å². The van der Waals surface area contributed by atoms with Crippen molar-refractivity contribution in [3.05, 3.63) is 36.9 Å². The number of benzene rings is 1. The van der Waals surface area contributed by atoms with Crippen molar-refractivity contribution < 1.29 is 0 Å². The second-order valence-electron chi connectivity index (χ2n) is 4.48. The van der Waals surface area contributed by atoms with Gasteiger partial charge in [0.1, 0.15) is 12.7 Å². The Morgan fingerprint density at radius 1 is 1.17 bits per heavy atom. The molecule has 0 unspecified atom stereocenters. The van der Waals surface area contributed by atoms with Crippen molar-refractivity contribution in [1.82, 2.24) is 14.8 Å². The van der Waals surface area contributed by atoms with Crippen LogP contribution in [0.1, 0.15) is 26.7 Å². The molecule has 4 heteroatoms. The largest absolute Gasteiger partial charge is 0.385 e. The fraction of sp³-hybridized carbons (Fsp3) is 0.429. The van der Waals surface area contributed by atoms with Gasteiger partial charge in [-0.25, -0.2) is 0 Å².